The van der Waals surface area contributed by atoms with Crippen LogP contribution in [0.15, 0.2) is 27.4 Å². The average Bonchev–Trinajstić information content (AvgIpc) is 2.99. The predicted octanol–water partition coefficient (Wildman–Crippen LogP) is 2.39. The van der Waals surface area contributed by atoms with Crippen LogP contribution in [-0.2, 0) is 11.3 Å². The SMILES string of the molecule is CCOC(=O)c1coc(N(C)Cc2ccoc2C)n1. The molecule has 2 aromatic heterocycles. The van der Waals surface area contributed by atoms with Gasteiger partial charge in [0.05, 0.1) is 19.4 Å². The van der Waals surface area contributed by atoms with Crippen LogP contribution in [0.5, 0.6) is 0 Å². The zero-order valence-electron chi connectivity index (χ0n) is 11.2. The van der Waals surface area contributed by atoms with Crippen molar-refractivity contribution in [3.8, 4) is 0 Å². The molecule has 6 nitrogen and oxygen atoms in total. The molecule has 0 fully saturated rings. The Morgan fingerprint density at radius 2 is 2.26 bits per heavy atom. The molecule has 0 aliphatic carbocycles. The van der Waals surface area contributed by atoms with Gasteiger partial charge < -0.3 is 18.5 Å². The number of aryl methyl sites for hydroxylation is 1. The van der Waals surface area contributed by atoms with Crippen molar-refractivity contribution < 1.29 is 18.4 Å². The van der Waals surface area contributed by atoms with E-state index in [0.29, 0.717) is 19.2 Å². The van der Waals surface area contributed by atoms with Crippen molar-refractivity contribution in [2.45, 2.75) is 20.4 Å². The zero-order valence-corrected chi connectivity index (χ0v) is 11.2. The minimum absolute atomic E-state index is 0.174. The zero-order chi connectivity index (χ0) is 13.8. The van der Waals surface area contributed by atoms with Gasteiger partial charge in [-0.2, -0.15) is 4.98 Å². The summed E-state index contributed by atoms with van der Waals surface area (Å²) in [4.78, 5) is 17.4. The van der Waals surface area contributed by atoms with Crippen molar-refractivity contribution >= 4 is 12.0 Å². The molecule has 0 amide bonds. The summed E-state index contributed by atoms with van der Waals surface area (Å²) in [6.45, 7) is 4.53. The summed E-state index contributed by atoms with van der Waals surface area (Å²) in [6, 6.07) is 2.25. The summed E-state index contributed by atoms with van der Waals surface area (Å²) < 4.78 is 15.3. The fourth-order valence-corrected chi connectivity index (χ4v) is 1.64. The van der Waals surface area contributed by atoms with Gasteiger partial charge in [0, 0.05) is 12.6 Å². The second-order valence-corrected chi connectivity index (χ2v) is 4.09. The summed E-state index contributed by atoms with van der Waals surface area (Å²) in [5.41, 5.74) is 1.21. The molecule has 0 aliphatic rings. The molecule has 0 saturated heterocycles. The van der Waals surface area contributed by atoms with E-state index in [4.69, 9.17) is 13.6 Å². The second-order valence-electron chi connectivity index (χ2n) is 4.09. The normalized spacial score (nSPS) is 10.5. The third-order valence-corrected chi connectivity index (χ3v) is 2.68. The first kappa shape index (κ1) is 13.2. The Labute approximate surface area is 111 Å². The number of nitrogens with zero attached hydrogens (tertiary/aromatic N) is 2. The van der Waals surface area contributed by atoms with E-state index in [1.807, 2.05) is 20.0 Å². The minimum Gasteiger partial charge on any atom is -0.469 e. The molecule has 0 aromatic carbocycles. The van der Waals surface area contributed by atoms with Gasteiger partial charge in [0.15, 0.2) is 5.69 Å². The van der Waals surface area contributed by atoms with Gasteiger partial charge in [-0.1, -0.05) is 0 Å². The average molecular weight is 264 g/mol. The quantitative estimate of drug-likeness (QED) is 0.772. The molecule has 2 rings (SSSR count). The number of ether oxygens (including phenoxy) is 1. The molecule has 0 spiro atoms. The maximum Gasteiger partial charge on any atom is 0.360 e. The second kappa shape index (κ2) is 5.60. The van der Waals surface area contributed by atoms with Crippen molar-refractivity contribution in [3.05, 3.63) is 35.6 Å². The van der Waals surface area contributed by atoms with E-state index in [1.165, 1.54) is 6.26 Å². The number of aromatic nitrogens is 1. The van der Waals surface area contributed by atoms with Crippen LogP contribution in [0.25, 0.3) is 0 Å². The van der Waals surface area contributed by atoms with Gasteiger partial charge in [0.25, 0.3) is 6.01 Å². The molecule has 0 N–H and O–H groups in total. The summed E-state index contributed by atoms with van der Waals surface area (Å²) in [7, 11) is 1.83. The first-order chi connectivity index (χ1) is 9.11. The third kappa shape index (κ3) is 2.96. The Kier molecular flexibility index (Phi) is 3.89. The maximum atomic E-state index is 11.5. The van der Waals surface area contributed by atoms with E-state index in [-0.39, 0.29) is 5.69 Å². The van der Waals surface area contributed by atoms with Crippen LogP contribution >= 0.6 is 0 Å². The number of hydrogen-bond donors (Lipinski definition) is 0. The lowest BCUT2D eigenvalue weighted by Gasteiger charge is -2.13. The van der Waals surface area contributed by atoms with Gasteiger partial charge in [-0.25, -0.2) is 4.79 Å². The molecule has 0 bridgehead atoms. The number of furan rings is 1. The van der Waals surface area contributed by atoms with Crippen LogP contribution in [0.4, 0.5) is 6.01 Å². The number of carbonyl (C=O) groups is 1. The van der Waals surface area contributed by atoms with Crippen LogP contribution in [-0.4, -0.2) is 24.6 Å². The van der Waals surface area contributed by atoms with Gasteiger partial charge in [-0.15, -0.1) is 0 Å². The van der Waals surface area contributed by atoms with Crippen molar-refractivity contribution in [1.82, 2.24) is 4.98 Å². The summed E-state index contributed by atoms with van der Waals surface area (Å²) >= 11 is 0. The molecule has 2 aromatic rings. The van der Waals surface area contributed by atoms with E-state index in [0.717, 1.165) is 11.3 Å². The Balaban J connectivity index is 2.06. The van der Waals surface area contributed by atoms with Gasteiger partial charge in [-0.05, 0) is 19.9 Å². The topological polar surface area (TPSA) is 68.7 Å². The molecular formula is C13H16N2O4. The van der Waals surface area contributed by atoms with E-state index in [2.05, 4.69) is 4.98 Å². The Hall–Kier alpha value is -2.24. The van der Waals surface area contributed by atoms with Crippen LogP contribution < -0.4 is 4.90 Å². The predicted molar refractivity (Wildman–Crippen MR) is 68.0 cm³/mol. The molecule has 19 heavy (non-hydrogen) atoms. The smallest absolute Gasteiger partial charge is 0.360 e. The molecule has 0 saturated carbocycles. The fourth-order valence-electron chi connectivity index (χ4n) is 1.64. The molecule has 6 heteroatoms. The van der Waals surface area contributed by atoms with E-state index in [1.54, 1.807) is 18.1 Å². The summed E-state index contributed by atoms with van der Waals surface area (Å²) in [6.07, 6.45) is 2.93. The maximum absolute atomic E-state index is 11.5. The van der Waals surface area contributed by atoms with Gasteiger partial charge in [0.1, 0.15) is 12.0 Å². The highest BCUT2D eigenvalue weighted by Crippen LogP contribution is 2.17. The Bertz CT molecular complexity index is 558. The number of esters is 1. The highest BCUT2D eigenvalue weighted by Gasteiger charge is 2.16. The number of rotatable bonds is 5. The first-order valence-electron chi connectivity index (χ1n) is 5.98. The number of hydrogen-bond acceptors (Lipinski definition) is 6. The minimum atomic E-state index is -0.481. The summed E-state index contributed by atoms with van der Waals surface area (Å²) in [5.74, 6) is 0.370. The third-order valence-electron chi connectivity index (χ3n) is 2.68. The Morgan fingerprint density at radius 1 is 1.47 bits per heavy atom. The van der Waals surface area contributed by atoms with Crippen LogP contribution in [0.2, 0.25) is 0 Å². The number of oxazole rings is 1. The lowest BCUT2D eigenvalue weighted by molar-refractivity contribution is 0.0519. The molecule has 0 atom stereocenters. The van der Waals surface area contributed by atoms with Crippen molar-refractivity contribution in [3.63, 3.8) is 0 Å². The summed E-state index contributed by atoms with van der Waals surface area (Å²) in [5, 5.41) is 0. The molecule has 102 valence electrons. The molecule has 2 heterocycles. The lowest BCUT2D eigenvalue weighted by atomic mass is 10.2. The van der Waals surface area contributed by atoms with Crippen LogP contribution in [0.1, 0.15) is 28.7 Å². The monoisotopic (exact) mass is 264 g/mol. The largest absolute Gasteiger partial charge is 0.469 e. The molecule has 0 radical (unpaired) electrons. The van der Waals surface area contributed by atoms with Crippen molar-refractivity contribution in [1.29, 1.82) is 0 Å². The van der Waals surface area contributed by atoms with E-state index < -0.39 is 5.97 Å². The fraction of sp³-hybridized carbons (Fsp3) is 0.385. The van der Waals surface area contributed by atoms with Crippen molar-refractivity contribution in [2.75, 3.05) is 18.6 Å². The van der Waals surface area contributed by atoms with E-state index in [9.17, 15) is 4.79 Å². The standard InChI is InChI=1S/C13H16N2O4/c1-4-17-12(16)11-8-19-13(14-11)15(3)7-10-5-6-18-9(10)2/h5-6,8H,4,7H2,1-3H3. The molecule has 0 unspecified atom stereocenters. The lowest BCUT2D eigenvalue weighted by Crippen LogP contribution is -2.17. The van der Waals surface area contributed by atoms with Gasteiger partial charge in [0.2, 0.25) is 0 Å². The molecule has 0 aliphatic heterocycles. The van der Waals surface area contributed by atoms with Gasteiger partial charge in [-0.3, -0.25) is 0 Å². The number of carbonyl (C=O) groups excluding carboxylic acids is 1. The molecular weight excluding hydrogens is 248 g/mol. The number of anilines is 1. The highest BCUT2D eigenvalue weighted by atomic mass is 16.5. The highest BCUT2D eigenvalue weighted by molar-refractivity contribution is 5.87. The Morgan fingerprint density at radius 3 is 2.89 bits per heavy atom. The van der Waals surface area contributed by atoms with Gasteiger partial charge >= 0.3 is 5.97 Å². The van der Waals surface area contributed by atoms with E-state index >= 15 is 0 Å². The van der Waals surface area contributed by atoms with Crippen LogP contribution in [0, 0.1) is 6.92 Å². The van der Waals surface area contributed by atoms with Crippen molar-refractivity contribution in [2.24, 2.45) is 0 Å². The first-order valence-corrected chi connectivity index (χ1v) is 5.98. The van der Waals surface area contributed by atoms with Crippen LogP contribution in [0.3, 0.4) is 0 Å².